The van der Waals surface area contributed by atoms with Crippen LogP contribution in [0.25, 0.3) is 0 Å². The van der Waals surface area contributed by atoms with E-state index in [0.29, 0.717) is 22.8 Å². The summed E-state index contributed by atoms with van der Waals surface area (Å²) in [6.07, 6.45) is 0. The Kier molecular flexibility index (Phi) is 10.8. The minimum absolute atomic E-state index is 0.381. The van der Waals surface area contributed by atoms with Gasteiger partial charge in [-0.2, -0.15) is 0 Å². The van der Waals surface area contributed by atoms with E-state index in [1.165, 1.54) is 0 Å². The van der Waals surface area contributed by atoms with Crippen molar-refractivity contribution in [1.82, 2.24) is 0 Å². The molecule has 6 nitrogen and oxygen atoms in total. The number of para-hydroxylation sites is 6. The SMILES string of the molecule is C[Si](C[Si](C[Si](C)(Oc1ccccc1)Oc1ccccc1)(Oc1ccccc1)Oc1ccccc1)(Oc1ccccc1)Oc1ccccc1. The number of hydrogen-bond donors (Lipinski definition) is 0. The largest absolute Gasteiger partial charge is 0.512 e. The van der Waals surface area contributed by atoms with Crippen LogP contribution in [0.2, 0.25) is 24.4 Å². The molecule has 0 aromatic heterocycles. The lowest BCUT2D eigenvalue weighted by molar-refractivity contribution is 0.349. The van der Waals surface area contributed by atoms with Crippen LogP contribution in [0.15, 0.2) is 182 Å². The molecule has 0 heterocycles. The smallest absolute Gasteiger partial charge is 0.468 e. The summed E-state index contributed by atoms with van der Waals surface area (Å²) >= 11 is 0. The summed E-state index contributed by atoms with van der Waals surface area (Å²) in [5.74, 6) is 4.26. The second-order valence-corrected chi connectivity index (χ2v) is 22.4. The maximum Gasteiger partial charge on any atom is 0.468 e. The van der Waals surface area contributed by atoms with E-state index >= 15 is 0 Å². The quantitative estimate of drug-likeness (QED) is 0.0937. The highest BCUT2D eigenvalue weighted by Gasteiger charge is 2.61. The van der Waals surface area contributed by atoms with Crippen molar-refractivity contribution in [1.29, 1.82) is 0 Å². The van der Waals surface area contributed by atoms with Crippen LogP contribution in [0, 0.1) is 0 Å². The fourth-order valence-corrected chi connectivity index (χ4v) is 21.3. The molecule has 0 saturated heterocycles. The van der Waals surface area contributed by atoms with E-state index in [-0.39, 0.29) is 0 Å². The van der Waals surface area contributed by atoms with E-state index in [9.17, 15) is 0 Å². The molecule has 0 saturated carbocycles. The molecular formula is C40H40O6Si3. The average Bonchev–Trinajstić information content (AvgIpc) is 3.10. The van der Waals surface area contributed by atoms with Gasteiger partial charge in [0.1, 0.15) is 34.5 Å². The zero-order valence-electron chi connectivity index (χ0n) is 27.7. The topological polar surface area (TPSA) is 55.4 Å². The van der Waals surface area contributed by atoms with Crippen molar-refractivity contribution in [3.05, 3.63) is 182 Å². The minimum Gasteiger partial charge on any atom is -0.512 e. The van der Waals surface area contributed by atoms with Crippen LogP contribution in [0.5, 0.6) is 34.5 Å². The lowest BCUT2D eigenvalue weighted by atomic mass is 10.3. The second-order valence-electron chi connectivity index (χ2n) is 12.0. The lowest BCUT2D eigenvalue weighted by Gasteiger charge is -2.40. The molecule has 6 rings (SSSR count). The molecule has 0 atom stereocenters. The summed E-state index contributed by atoms with van der Waals surface area (Å²) in [5.41, 5.74) is 0.763. The first kappa shape index (κ1) is 33.7. The molecule has 6 aromatic rings. The molecule has 6 aromatic carbocycles. The van der Waals surface area contributed by atoms with Gasteiger partial charge in [-0.25, -0.2) is 0 Å². The van der Waals surface area contributed by atoms with Gasteiger partial charge in [0, 0.05) is 13.1 Å². The third-order valence-corrected chi connectivity index (χ3v) is 20.9. The molecule has 0 spiro atoms. The minimum atomic E-state index is -3.54. The Morgan fingerprint density at radius 3 is 0.673 bits per heavy atom. The van der Waals surface area contributed by atoms with E-state index in [0.717, 1.165) is 23.0 Å². The molecule has 9 heteroatoms. The maximum atomic E-state index is 7.21. The first-order valence-electron chi connectivity index (χ1n) is 16.3. The van der Waals surface area contributed by atoms with E-state index in [4.69, 9.17) is 26.6 Å². The number of benzene rings is 6. The van der Waals surface area contributed by atoms with Crippen molar-refractivity contribution in [3.63, 3.8) is 0 Å². The van der Waals surface area contributed by atoms with Gasteiger partial charge >= 0.3 is 25.7 Å². The van der Waals surface area contributed by atoms with Crippen molar-refractivity contribution in [2.24, 2.45) is 0 Å². The Balaban J connectivity index is 1.49. The highest BCUT2D eigenvalue weighted by Crippen LogP contribution is 2.37. The number of rotatable bonds is 16. The van der Waals surface area contributed by atoms with Gasteiger partial charge in [-0.05, 0) is 72.8 Å². The summed E-state index contributed by atoms with van der Waals surface area (Å²) in [7, 11) is -10.0. The molecule has 0 aliphatic rings. The first-order valence-corrected chi connectivity index (χ1v) is 23.6. The maximum absolute atomic E-state index is 7.21. The monoisotopic (exact) mass is 700 g/mol. The van der Waals surface area contributed by atoms with Crippen molar-refractivity contribution >= 4 is 25.7 Å². The van der Waals surface area contributed by atoms with E-state index < -0.39 is 25.7 Å². The van der Waals surface area contributed by atoms with Gasteiger partial charge in [0.25, 0.3) is 0 Å². The predicted molar refractivity (Wildman–Crippen MR) is 201 cm³/mol. The summed E-state index contributed by atoms with van der Waals surface area (Å²) in [6.45, 7) is 4.15. The zero-order valence-corrected chi connectivity index (χ0v) is 30.7. The molecule has 0 fully saturated rings. The molecule has 49 heavy (non-hydrogen) atoms. The van der Waals surface area contributed by atoms with Crippen LogP contribution >= 0.6 is 0 Å². The molecule has 0 bridgehead atoms. The van der Waals surface area contributed by atoms with Gasteiger partial charge in [0.15, 0.2) is 0 Å². The predicted octanol–water partition coefficient (Wildman–Crippen LogP) is 10.1. The Morgan fingerprint density at radius 2 is 0.469 bits per heavy atom. The standard InChI is InChI=1S/C40H40O6Si3/c1-47(41-35-21-9-3-10-22-35,42-36-23-11-4-12-24-36)33-49(45-39-29-17-7-18-30-39,46-40-31-19-8-20-32-40)34-48(2,43-37-25-13-5-14-26-37)44-38-27-15-6-16-28-38/h3-32H,33-34H2,1-2H3. The molecule has 248 valence electrons. The Morgan fingerprint density at radius 1 is 0.286 bits per heavy atom. The van der Waals surface area contributed by atoms with Crippen molar-refractivity contribution < 1.29 is 26.6 Å². The van der Waals surface area contributed by atoms with Gasteiger partial charge in [-0.15, -0.1) is 0 Å². The van der Waals surface area contributed by atoms with E-state index in [1.807, 2.05) is 182 Å². The Bertz CT molecular complexity index is 1610. The fraction of sp³-hybridized carbons (Fsp3) is 0.100. The van der Waals surface area contributed by atoms with Crippen molar-refractivity contribution in [2.75, 3.05) is 0 Å². The normalized spacial score (nSPS) is 11.6. The van der Waals surface area contributed by atoms with E-state index in [2.05, 4.69) is 13.1 Å². The van der Waals surface area contributed by atoms with Crippen LogP contribution < -0.4 is 26.6 Å². The molecule has 0 aliphatic carbocycles. The third-order valence-electron chi connectivity index (χ3n) is 7.58. The van der Waals surface area contributed by atoms with Gasteiger partial charge in [-0.1, -0.05) is 109 Å². The molecule has 0 aliphatic heterocycles. The van der Waals surface area contributed by atoms with Crippen LogP contribution in [0.3, 0.4) is 0 Å². The van der Waals surface area contributed by atoms with Gasteiger partial charge in [0.05, 0.1) is 11.3 Å². The lowest BCUT2D eigenvalue weighted by Crippen LogP contribution is -2.65. The summed E-state index contributed by atoms with van der Waals surface area (Å²) in [4.78, 5) is 0. The highest BCUT2D eigenvalue weighted by atomic mass is 28.5. The molecule has 0 amide bonds. The molecule has 0 unspecified atom stereocenters. The zero-order chi connectivity index (χ0) is 33.8. The van der Waals surface area contributed by atoms with Crippen molar-refractivity contribution in [3.8, 4) is 34.5 Å². The molecule has 0 N–H and O–H groups in total. The van der Waals surface area contributed by atoms with Crippen LogP contribution in [-0.4, -0.2) is 25.7 Å². The molecule has 0 radical (unpaired) electrons. The van der Waals surface area contributed by atoms with Gasteiger partial charge in [-0.3, -0.25) is 0 Å². The number of hydrogen-bond acceptors (Lipinski definition) is 6. The summed E-state index contributed by atoms with van der Waals surface area (Å²) in [5, 5.41) is 0. The average molecular weight is 701 g/mol. The Labute approximate surface area is 292 Å². The van der Waals surface area contributed by atoms with Crippen LogP contribution in [-0.2, 0) is 0 Å². The van der Waals surface area contributed by atoms with Gasteiger partial charge in [0.2, 0.25) is 0 Å². The van der Waals surface area contributed by atoms with E-state index in [1.54, 1.807) is 0 Å². The van der Waals surface area contributed by atoms with Crippen LogP contribution in [0.4, 0.5) is 0 Å². The summed E-state index contributed by atoms with van der Waals surface area (Å²) < 4.78 is 42.1. The second kappa shape index (κ2) is 15.8. The third kappa shape index (κ3) is 9.89. The molecular weight excluding hydrogens is 661 g/mol. The summed E-state index contributed by atoms with van der Waals surface area (Å²) in [6, 6.07) is 58.8. The van der Waals surface area contributed by atoms with Gasteiger partial charge < -0.3 is 26.6 Å². The van der Waals surface area contributed by atoms with Crippen molar-refractivity contribution in [2.45, 2.75) is 24.4 Å². The Hall–Kier alpha value is -5.23. The highest BCUT2D eigenvalue weighted by molar-refractivity contribution is 6.94. The van der Waals surface area contributed by atoms with Crippen LogP contribution in [0.1, 0.15) is 0 Å². The fourth-order valence-electron chi connectivity index (χ4n) is 5.75. The first-order chi connectivity index (χ1) is 23.9.